The topological polar surface area (TPSA) is 12.0 Å². The van der Waals surface area contributed by atoms with Crippen molar-refractivity contribution < 1.29 is 8.78 Å². The summed E-state index contributed by atoms with van der Waals surface area (Å²) in [6.45, 7) is 2.48. The van der Waals surface area contributed by atoms with E-state index in [-0.39, 0.29) is 18.0 Å². The Labute approximate surface area is 118 Å². The van der Waals surface area contributed by atoms with Crippen LogP contribution in [0.15, 0.2) is 18.2 Å². The lowest BCUT2D eigenvalue weighted by molar-refractivity contribution is 0.144. The molecule has 0 aliphatic carbocycles. The molecule has 19 heavy (non-hydrogen) atoms. The lowest BCUT2D eigenvalue weighted by atomic mass is 9.88. The third-order valence-corrected chi connectivity index (χ3v) is 4.05. The maximum Gasteiger partial charge on any atom is 0.128 e. The van der Waals surface area contributed by atoms with Gasteiger partial charge in [-0.15, -0.1) is 0 Å². The highest BCUT2D eigenvalue weighted by Gasteiger charge is 2.30. The predicted molar refractivity (Wildman–Crippen MR) is 74.9 cm³/mol. The van der Waals surface area contributed by atoms with Crippen LogP contribution in [0.1, 0.15) is 38.2 Å². The third-order valence-electron chi connectivity index (χ3n) is 3.69. The molecule has 1 aromatic rings. The van der Waals surface area contributed by atoms with E-state index in [1.165, 1.54) is 13.0 Å². The Bertz CT molecular complexity index is 408. The maximum atomic E-state index is 14.7. The molecule has 1 heterocycles. The van der Waals surface area contributed by atoms with E-state index in [1.54, 1.807) is 12.1 Å². The fraction of sp³-hybridized carbons (Fsp3) is 0.600. The SMILES string of the molecule is CC(F)(Cc1c(F)cccc1Cl)CC1CCCCN1. The molecule has 106 valence electrons. The summed E-state index contributed by atoms with van der Waals surface area (Å²) < 4.78 is 28.3. The molecule has 1 saturated heterocycles. The van der Waals surface area contributed by atoms with Crippen LogP contribution in [-0.4, -0.2) is 18.3 Å². The van der Waals surface area contributed by atoms with Gasteiger partial charge in [-0.2, -0.15) is 0 Å². The van der Waals surface area contributed by atoms with Gasteiger partial charge in [-0.3, -0.25) is 0 Å². The van der Waals surface area contributed by atoms with E-state index in [4.69, 9.17) is 11.6 Å². The average Bonchev–Trinajstić information content (AvgIpc) is 2.35. The number of halogens is 3. The Morgan fingerprint density at radius 2 is 2.21 bits per heavy atom. The lowest BCUT2D eigenvalue weighted by Crippen LogP contribution is -2.40. The number of rotatable bonds is 4. The highest BCUT2D eigenvalue weighted by atomic mass is 35.5. The lowest BCUT2D eigenvalue weighted by Gasteiger charge is -2.30. The van der Waals surface area contributed by atoms with Gasteiger partial charge in [-0.1, -0.05) is 24.1 Å². The van der Waals surface area contributed by atoms with Gasteiger partial charge in [0, 0.05) is 23.0 Å². The Hall–Kier alpha value is -0.670. The van der Waals surface area contributed by atoms with Crippen LogP contribution in [0.3, 0.4) is 0 Å². The Kier molecular flexibility index (Phi) is 4.80. The van der Waals surface area contributed by atoms with Crippen molar-refractivity contribution in [1.82, 2.24) is 5.32 Å². The summed E-state index contributed by atoms with van der Waals surface area (Å²) in [7, 11) is 0. The zero-order valence-corrected chi connectivity index (χ0v) is 11.9. The fourth-order valence-electron chi connectivity index (χ4n) is 2.75. The van der Waals surface area contributed by atoms with Crippen LogP contribution in [-0.2, 0) is 6.42 Å². The molecule has 0 amide bonds. The minimum atomic E-state index is -1.44. The van der Waals surface area contributed by atoms with E-state index in [2.05, 4.69) is 5.32 Å². The molecule has 1 aliphatic rings. The molecule has 2 unspecified atom stereocenters. The van der Waals surface area contributed by atoms with Crippen LogP contribution in [0.2, 0.25) is 5.02 Å². The van der Waals surface area contributed by atoms with Crippen LogP contribution >= 0.6 is 11.6 Å². The van der Waals surface area contributed by atoms with E-state index in [0.29, 0.717) is 11.4 Å². The first kappa shape index (κ1) is 14.7. The number of alkyl halides is 1. The van der Waals surface area contributed by atoms with Crippen molar-refractivity contribution in [3.63, 3.8) is 0 Å². The van der Waals surface area contributed by atoms with Gasteiger partial charge in [-0.25, -0.2) is 8.78 Å². The molecule has 1 aromatic carbocycles. The fourth-order valence-corrected chi connectivity index (χ4v) is 2.98. The zero-order valence-electron chi connectivity index (χ0n) is 11.2. The molecule has 1 N–H and O–H groups in total. The normalized spacial score (nSPS) is 23.1. The zero-order chi connectivity index (χ0) is 13.9. The Morgan fingerprint density at radius 3 is 2.84 bits per heavy atom. The van der Waals surface area contributed by atoms with Gasteiger partial charge < -0.3 is 5.32 Å². The van der Waals surface area contributed by atoms with Crippen molar-refractivity contribution in [3.8, 4) is 0 Å². The van der Waals surface area contributed by atoms with Crippen LogP contribution in [0.25, 0.3) is 0 Å². The summed E-state index contributed by atoms with van der Waals surface area (Å²) in [4.78, 5) is 0. The molecule has 0 aromatic heterocycles. The van der Waals surface area contributed by atoms with Crippen LogP contribution in [0.5, 0.6) is 0 Å². The van der Waals surface area contributed by atoms with Crippen molar-refractivity contribution in [2.75, 3.05) is 6.54 Å². The average molecular weight is 288 g/mol. The van der Waals surface area contributed by atoms with Crippen LogP contribution < -0.4 is 5.32 Å². The van der Waals surface area contributed by atoms with E-state index >= 15 is 0 Å². The second kappa shape index (κ2) is 6.19. The molecule has 1 aliphatic heterocycles. The number of benzene rings is 1. The Balaban J connectivity index is 2.03. The second-order valence-electron chi connectivity index (χ2n) is 5.64. The first-order valence-electron chi connectivity index (χ1n) is 6.83. The predicted octanol–water partition coefficient (Wildman–Crippen LogP) is 4.28. The first-order chi connectivity index (χ1) is 8.98. The molecule has 0 radical (unpaired) electrons. The van der Waals surface area contributed by atoms with Crippen molar-refractivity contribution in [2.45, 2.75) is 50.7 Å². The van der Waals surface area contributed by atoms with Gasteiger partial charge in [0.2, 0.25) is 0 Å². The minimum absolute atomic E-state index is 0.0245. The van der Waals surface area contributed by atoms with E-state index in [1.807, 2.05) is 0 Å². The number of nitrogens with one attached hydrogen (secondary N) is 1. The third kappa shape index (κ3) is 4.15. The first-order valence-corrected chi connectivity index (χ1v) is 7.21. The largest absolute Gasteiger partial charge is 0.314 e. The molecule has 1 nitrogen and oxygen atoms in total. The molecule has 0 bridgehead atoms. The van der Waals surface area contributed by atoms with Crippen molar-refractivity contribution in [1.29, 1.82) is 0 Å². The summed E-state index contributed by atoms with van der Waals surface area (Å²) in [5.74, 6) is -0.423. The maximum absolute atomic E-state index is 14.7. The van der Waals surface area contributed by atoms with E-state index < -0.39 is 11.5 Å². The molecule has 2 rings (SSSR count). The highest BCUT2D eigenvalue weighted by molar-refractivity contribution is 6.31. The number of hydrogen-bond acceptors (Lipinski definition) is 1. The summed E-state index contributed by atoms with van der Waals surface area (Å²) >= 11 is 5.96. The summed E-state index contributed by atoms with van der Waals surface area (Å²) in [5, 5.41) is 3.63. The number of hydrogen-bond donors (Lipinski definition) is 1. The van der Waals surface area contributed by atoms with Crippen LogP contribution in [0, 0.1) is 5.82 Å². The Morgan fingerprint density at radius 1 is 1.42 bits per heavy atom. The van der Waals surface area contributed by atoms with Gasteiger partial charge in [0.1, 0.15) is 11.5 Å². The standard InChI is InChI=1S/C15H20ClF2N/c1-15(18,9-11-5-2-3-8-19-11)10-12-13(16)6-4-7-14(12)17/h4,6-7,11,19H,2-3,5,8-10H2,1H3. The molecule has 4 heteroatoms. The molecule has 0 spiro atoms. The van der Waals surface area contributed by atoms with E-state index in [0.717, 1.165) is 25.8 Å². The summed E-state index contributed by atoms with van der Waals surface area (Å²) in [6.07, 6.45) is 3.70. The second-order valence-corrected chi connectivity index (χ2v) is 6.05. The quantitative estimate of drug-likeness (QED) is 0.871. The molecular weight excluding hydrogens is 268 g/mol. The van der Waals surface area contributed by atoms with Gasteiger partial charge in [0.05, 0.1) is 0 Å². The van der Waals surface area contributed by atoms with Crippen molar-refractivity contribution >= 4 is 11.6 Å². The molecule has 1 fully saturated rings. The van der Waals surface area contributed by atoms with Crippen molar-refractivity contribution in [3.05, 3.63) is 34.6 Å². The molecule has 0 saturated carbocycles. The van der Waals surface area contributed by atoms with Crippen molar-refractivity contribution in [2.24, 2.45) is 0 Å². The minimum Gasteiger partial charge on any atom is -0.314 e. The monoisotopic (exact) mass is 287 g/mol. The molecule has 2 atom stereocenters. The van der Waals surface area contributed by atoms with Gasteiger partial charge in [0.25, 0.3) is 0 Å². The van der Waals surface area contributed by atoms with Gasteiger partial charge in [-0.05, 0) is 44.9 Å². The van der Waals surface area contributed by atoms with Gasteiger partial charge >= 0.3 is 0 Å². The summed E-state index contributed by atoms with van der Waals surface area (Å²) in [5.41, 5.74) is -1.16. The molecular formula is C15H20ClF2N. The van der Waals surface area contributed by atoms with Gasteiger partial charge in [0.15, 0.2) is 0 Å². The smallest absolute Gasteiger partial charge is 0.128 e. The van der Waals surface area contributed by atoms with Crippen LogP contribution in [0.4, 0.5) is 8.78 Å². The summed E-state index contributed by atoms with van der Waals surface area (Å²) in [6, 6.07) is 4.67. The van der Waals surface area contributed by atoms with E-state index in [9.17, 15) is 8.78 Å². The number of piperidine rings is 1. The highest BCUT2D eigenvalue weighted by Crippen LogP contribution is 2.30.